The lowest BCUT2D eigenvalue weighted by molar-refractivity contribution is -0.132. The van der Waals surface area contributed by atoms with Crippen molar-refractivity contribution in [1.29, 1.82) is 0 Å². The number of nitrogens with one attached hydrogen (secondary N) is 2. The number of furan rings is 1. The molecule has 3 heterocycles. The number of carbonyl (C=O) groups excluding carboxylic acids is 3. The Morgan fingerprint density at radius 1 is 0.978 bits per heavy atom. The molecule has 45 heavy (non-hydrogen) atoms. The number of H-pyrrole nitrogens is 1. The summed E-state index contributed by atoms with van der Waals surface area (Å²) in [5, 5.41) is 10.2. The highest BCUT2D eigenvalue weighted by molar-refractivity contribution is 5.91. The van der Waals surface area contributed by atoms with E-state index in [4.69, 9.17) is 14.4 Å². The Hall–Kier alpha value is -5.05. The van der Waals surface area contributed by atoms with Crippen LogP contribution in [0.5, 0.6) is 0 Å². The highest BCUT2D eigenvalue weighted by Crippen LogP contribution is 2.30. The van der Waals surface area contributed by atoms with E-state index in [1.54, 1.807) is 27.4 Å². The Labute approximate surface area is 260 Å². The average Bonchev–Trinajstić information content (AvgIpc) is 3.74. The summed E-state index contributed by atoms with van der Waals surface area (Å²) >= 11 is 0. The van der Waals surface area contributed by atoms with Gasteiger partial charge in [-0.15, -0.1) is 0 Å². The molecule has 2 unspecified atom stereocenters. The molecule has 0 saturated carbocycles. The van der Waals surface area contributed by atoms with Gasteiger partial charge in [-0.25, -0.2) is 10.3 Å². The molecule has 4 aromatic rings. The summed E-state index contributed by atoms with van der Waals surface area (Å²) in [7, 11) is 0. The van der Waals surface area contributed by atoms with E-state index in [0.29, 0.717) is 45.0 Å². The van der Waals surface area contributed by atoms with Gasteiger partial charge in [0.15, 0.2) is 5.76 Å². The van der Waals surface area contributed by atoms with Crippen molar-refractivity contribution < 1.29 is 28.7 Å². The number of aromatic amines is 1. The molecule has 1 saturated heterocycles. The number of ether oxygens (including phenoxy) is 1. The molecule has 11 nitrogen and oxygen atoms in total. The molecule has 0 bridgehead atoms. The van der Waals surface area contributed by atoms with E-state index >= 15 is 0 Å². The van der Waals surface area contributed by atoms with E-state index in [1.165, 1.54) is 17.2 Å². The number of nitrogens with zero attached hydrogens (tertiary/aromatic N) is 3. The van der Waals surface area contributed by atoms with Crippen LogP contribution in [0.4, 0.5) is 4.79 Å². The largest absolute Gasteiger partial charge is 0.459 e. The number of piperazine rings is 1. The van der Waals surface area contributed by atoms with Gasteiger partial charge >= 0.3 is 6.09 Å². The maximum atomic E-state index is 12.9. The van der Waals surface area contributed by atoms with Crippen LogP contribution in [0.3, 0.4) is 0 Å². The zero-order valence-corrected chi connectivity index (χ0v) is 24.8. The molecule has 3 amide bonds. The number of aromatic nitrogens is 1. The fourth-order valence-corrected chi connectivity index (χ4v) is 5.79. The van der Waals surface area contributed by atoms with Crippen molar-refractivity contribution in [2.45, 2.75) is 18.9 Å². The molecule has 1 aliphatic heterocycles. The summed E-state index contributed by atoms with van der Waals surface area (Å²) in [6, 6.07) is 19.5. The van der Waals surface area contributed by atoms with E-state index < -0.39 is 11.8 Å². The van der Waals surface area contributed by atoms with Crippen LogP contribution >= 0.6 is 0 Å². The summed E-state index contributed by atoms with van der Waals surface area (Å²) in [6.45, 7) is 3.79. The van der Waals surface area contributed by atoms with E-state index in [0.717, 1.165) is 29.6 Å². The molecule has 2 atom stereocenters. The average molecular weight is 610 g/mol. The fraction of sp³-hybridized carbons (Fsp3) is 0.324. The van der Waals surface area contributed by atoms with Gasteiger partial charge in [0.05, 0.1) is 12.2 Å². The molecule has 0 spiro atoms. The van der Waals surface area contributed by atoms with Gasteiger partial charge < -0.3 is 23.9 Å². The smallest absolute Gasteiger partial charge is 0.409 e. The Morgan fingerprint density at radius 3 is 2.47 bits per heavy atom. The number of hydrogen-bond acceptors (Lipinski definition) is 7. The summed E-state index contributed by atoms with van der Waals surface area (Å²) in [6.07, 6.45) is 3.95. The molecule has 11 heteroatoms. The molecular formula is C34H35N5O6. The van der Waals surface area contributed by atoms with Crippen LogP contribution in [0.1, 0.15) is 33.2 Å². The zero-order chi connectivity index (χ0) is 31.2. The molecule has 2 aromatic carbocycles. The number of para-hydroxylation sites is 1. The molecule has 6 rings (SSSR count). The first kappa shape index (κ1) is 30.0. The standard InChI is InChI=1S/C34H35N5O6/c40-32(36-43)29-12-11-27(29)25-9-7-24(8-10-25)23-37(14-13-26-22-35-30-5-2-1-4-28(26)30)19-21-45-34(42)39-17-15-38(16-18-39)33(41)31-6-3-20-44-31/h1-10,20,22,27,29,35,43H,13-19,21,23H2,(H,36,40). The lowest BCUT2D eigenvalue weighted by Crippen LogP contribution is -2.50. The maximum Gasteiger partial charge on any atom is 0.409 e. The molecule has 1 aliphatic carbocycles. The first-order chi connectivity index (χ1) is 22.0. The van der Waals surface area contributed by atoms with Gasteiger partial charge in [0.2, 0.25) is 0 Å². The first-order valence-corrected chi connectivity index (χ1v) is 15.1. The van der Waals surface area contributed by atoms with Crippen LogP contribution in [0.15, 0.2) is 77.5 Å². The third-order valence-corrected chi connectivity index (χ3v) is 8.43. The second-order valence-electron chi connectivity index (χ2n) is 11.2. The number of hydrogen-bond donors (Lipinski definition) is 3. The first-order valence-electron chi connectivity index (χ1n) is 15.1. The molecular weight excluding hydrogens is 574 g/mol. The number of rotatable bonds is 11. The fourth-order valence-electron chi connectivity index (χ4n) is 5.79. The number of amides is 3. The van der Waals surface area contributed by atoms with Crippen LogP contribution < -0.4 is 5.48 Å². The number of fused-ring (bicyclic) bond motifs is 1. The van der Waals surface area contributed by atoms with Gasteiger partial charge in [-0.1, -0.05) is 54.3 Å². The summed E-state index contributed by atoms with van der Waals surface area (Å²) in [5.41, 5.74) is 6.02. The molecule has 232 valence electrons. The van der Waals surface area contributed by atoms with Crippen molar-refractivity contribution in [3.8, 4) is 11.8 Å². The Morgan fingerprint density at radius 2 is 1.76 bits per heavy atom. The summed E-state index contributed by atoms with van der Waals surface area (Å²) in [4.78, 5) is 46.2. The van der Waals surface area contributed by atoms with Crippen molar-refractivity contribution in [3.05, 3.63) is 95.6 Å². The van der Waals surface area contributed by atoms with E-state index in [-0.39, 0.29) is 24.5 Å². The molecule has 2 aliphatic rings. The van der Waals surface area contributed by atoms with Crippen LogP contribution in [0.25, 0.3) is 10.9 Å². The molecule has 1 fully saturated rings. The minimum Gasteiger partial charge on any atom is -0.459 e. The van der Waals surface area contributed by atoms with Gasteiger partial charge in [-0.05, 0) is 41.3 Å². The predicted octanol–water partition coefficient (Wildman–Crippen LogP) is 3.62. The maximum absolute atomic E-state index is 12.9. The Bertz CT molecular complexity index is 1700. The molecule has 2 aromatic heterocycles. The van der Waals surface area contributed by atoms with Crippen molar-refractivity contribution in [1.82, 2.24) is 25.2 Å². The van der Waals surface area contributed by atoms with Gasteiger partial charge in [-0.2, -0.15) is 0 Å². The lowest BCUT2D eigenvalue weighted by atomic mass is 9.79. The van der Waals surface area contributed by atoms with Gasteiger partial charge in [-0.3, -0.25) is 19.7 Å². The zero-order valence-electron chi connectivity index (χ0n) is 24.8. The topological polar surface area (TPSA) is 131 Å². The Kier molecular flexibility index (Phi) is 9.14. The van der Waals surface area contributed by atoms with Crippen molar-refractivity contribution in [2.24, 2.45) is 5.92 Å². The summed E-state index contributed by atoms with van der Waals surface area (Å²) in [5.74, 6) is 4.64. The normalized spacial score (nSPS) is 17.5. The molecule has 0 radical (unpaired) electrons. The minimum atomic E-state index is -0.553. The van der Waals surface area contributed by atoms with Gasteiger partial charge in [0, 0.05) is 62.9 Å². The van der Waals surface area contributed by atoms with E-state index in [9.17, 15) is 14.4 Å². The highest BCUT2D eigenvalue weighted by atomic mass is 16.6. The van der Waals surface area contributed by atoms with Crippen LogP contribution in [-0.4, -0.2) is 88.7 Å². The van der Waals surface area contributed by atoms with Crippen molar-refractivity contribution in [3.63, 3.8) is 0 Å². The number of carbonyl (C=O) groups is 3. The van der Waals surface area contributed by atoms with Crippen LogP contribution in [0, 0.1) is 17.8 Å². The van der Waals surface area contributed by atoms with E-state index in [1.807, 2.05) is 42.6 Å². The van der Waals surface area contributed by atoms with Crippen LogP contribution in [0.2, 0.25) is 0 Å². The minimum absolute atomic E-state index is 0.178. The highest BCUT2D eigenvalue weighted by Gasteiger charge is 2.32. The lowest BCUT2D eigenvalue weighted by Gasteiger charge is -2.33. The summed E-state index contributed by atoms with van der Waals surface area (Å²) < 4.78 is 10.9. The third kappa shape index (κ3) is 6.87. The van der Waals surface area contributed by atoms with Gasteiger partial charge in [0.1, 0.15) is 12.5 Å². The predicted molar refractivity (Wildman–Crippen MR) is 165 cm³/mol. The second-order valence-corrected chi connectivity index (χ2v) is 11.2. The SMILES string of the molecule is O=C(NO)C1C#CC1c1ccc(CN(CCOC(=O)N2CCN(C(=O)c3ccco3)CC2)CCc2c[nH]c3ccccc23)cc1. The van der Waals surface area contributed by atoms with Gasteiger partial charge in [0.25, 0.3) is 11.8 Å². The number of hydroxylamine groups is 1. The quantitative estimate of drug-likeness (QED) is 0.135. The molecule has 3 N–H and O–H groups in total. The number of benzene rings is 2. The monoisotopic (exact) mass is 609 g/mol. The second kappa shape index (κ2) is 13.7. The van der Waals surface area contributed by atoms with Crippen molar-refractivity contribution >= 4 is 28.8 Å². The van der Waals surface area contributed by atoms with Crippen molar-refractivity contribution in [2.75, 3.05) is 45.9 Å². The van der Waals surface area contributed by atoms with Crippen LogP contribution in [-0.2, 0) is 22.5 Å². The third-order valence-electron chi connectivity index (χ3n) is 8.43. The van der Waals surface area contributed by atoms with E-state index in [2.05, 4.69) is 33.9 Å². The Balaban J connectivity index is 1.04.